The maximum absolute atomic E-state index is 4.76. The molecule has 1 nitrogen and oxygen atoms in total. The number of rotatable bonds is 2. The van der Waals surface area contributed by atoms with Crippen LogP contribution in [0.5, 0.6) is 0 Å². The molecular formula is C14H15NS. The molecule has 2 aromatic rings. The summed E-state index contributed by atoms with van der Waals surface area (Å²) in [5, 5.41) is 3.53. The molecule has 1 aromatic heterocycles. The van der Waals surface area contributed by atoms with Gasteiger partial charge in [-0.25, -0.2) is 4.98 Å². The van der Waals surface area contributed by atoms with Crippen molar-refractivity contribution in [2.75, 3.05) is 0 Å². The lowest BCUT2D eigenvalue weighted by Gasteiger charge is -2.03. The van der Waals surface area contributed by atoms with E-state index in [0.29, 0.717) is 0 Å². The quantitative estimate of drug-likeness (QED) is 0.748. The van der Waals surface area contributed by atoms with Gasteiger partial charge in [0, 0.05) is 16.9 Å². The smallest absolute Gasteiger partial charge is 0.0963 e. The minimum atomic E-state index is 0.767. The molecule has 0 radical (unpaired) electrons. The van der Waals surface area contributed by atoms with Gasteiger partial charge in [-0.05, 0) is 38.3 Å². The van der Waals surface area contributed by atoms with Gasteiger partial charge in [-0.3, -0.25) is 0 Å². The second-order valence-electron chi connectivity index (χ2n) is 4.66. The Hall–Kier alpha value is -1.15. The van der Waals surface area contributed by atoms with Gasteiger partial charge in [0.15, 0.2) is 0 Å². The average Bonchev–Trinajstić information content (AvgIpc) is 3.01. The molecule has 0 spiro atoms. The molecule has 1 saturated carbocycles. The van der Waals surface area contributed by atoms with E-state index in [2.05, 4.69) is 37.4 Å². The number of hydrogen-bond donors (Lipinski definition) is 0. The van der Waals surface area contributed by atoms with E-state index in [9.17, 15) is 0 Å². The predicted molar refractivity (Wildman–Crippen MR) is 69.0 cm³/mol. The number of aryl methyl sites for hydroxylation is 2. The Labute approximate surface area is 100 Å². The van der Waals surface area contributed by atoms with Crippen molar-refractivity contribution in [3.63, 3.8) is 0 Å². The molecule has 0 saturated heterocycles. The molecule has 82 valence electrons. The third kappa shape index (κ3) is 1.78. The van der Waals surface area contributed by atoms with Gasteiger partial charge in [0.1, 0.15) is 0 Å². The van der Waals surface area contributed by atoms with E-state index in [4.69, 9.17) is 4.98 Å². The normalized spacial score (nSPS) is 15.4. The van der Waals surface area contributed by atoms with Gasteiger partial charge in [0.25, 0.3) is 0 Å². The van der Waals surface area contributed by atoms with Gasteiger partial charge < -0.3 is 0 Å². The van der Waals surface area contributed by atoms with E-state index in [1.54, 1.807) is 0 Å². The average molecular weight is 229 g/mol. The van der Waals surface area contributed by atoms with Crippen molar-refractivity contribution < 1.29 is 0 Å². The maximum Gasteiger partial charge on any atom is 0.0963 e. The van der Waals surface area contributed by atoms with Crippen molar-refractivity contribution in [1.29, 1.82) is 0 Å². The Bertz CT molecular complexity index is 523. The predicted octanol–water partition coefficient (Wildman–Crippen LogP) is 4.30. The lowest BCUT2D eigenvalue weighted by Crippen LogP contribution is -1.86. The lowest BCUT2D eigenvalue weighted by atomic mass is 10.0. The number of hydrogen-bond acceptors (Lipinski definition) is 2. The minimum Gasteiger partial charge on any atom is -0.241 e. The van der Waals surface area contributed by atoms with Crippen LogP contribution in [0.25, 0.3) is 11.3 Å². The zero-order valence-electron chi connectivity index (χ0n) is 9.66. The van der Waals surface area contributed by atoms with Crippen LogP contribution < -0.4 is 0 Å². The fourth-order valence-corrected chi connectivity index (χ4v) is 2.93. The monoisotopic (exact) mass is 229 g/mol. The van der Waals surface area contributed by atoms with Gasteiger partial charge in [-0.15, -0.1) is 11.3 Å². The van der Waals surface area contributed by atoms with Crippen LogP contribution in [0.3, 0.4) is 0 Å². The summed E-state index contributed by atoms with van der Waals surface area (Å²) in [7, 11) is 0. The van der Waals surface area contributed by atoms with Crippen LogP contribution in [0.15, 0.2) is 23.6 Å². The van der Waals surface area contributed by atoms with Gasteiger partial charge in [-0.1, -0.05) is 17.7 Å². The molecule has 0 atom stereocenters. The molecule has 0 amide bonds. The van der Waals surface area contributed by atoms with Gasteiger partial charge in [-0.2, -0.15) is 0 Å². The first-order chi connectivity index (χ1) is 7.74. The van der Waals surface area contributed by atoms with Gasteiger partial charge >= 0.3 is 0 Å². The Balaban J connectivity index is 2.03. The van der Waals surface area contributed by atoms with Crippen molar-refractivity contribution in [2.45, 2.75) is 32.6 Å². The molecule has 1 aromatic carbocycles. The van der Waals surface area contributed by atoms with Crippen LogP contribution in [0.4, 0.5) is 0 Å². The zero-order valence-corrected chi connectivity index (χ0v) is 10.5. The number of thiazole rings is 1. The molecule has 1 heterocycles. The zero-order chi connectivity index (χ0) is 11.1. The number of aromatic nitrogens is 1. The van der Waals surface area contributed by atoms with Crippen molar-refractivity contribution in [3.05, 3.63) is 39.7 Å². The summed E-state index contributed by atoms with van der Waals surface area (Å²) in [5.41, 5.74) is 5.08. The number of benzene rings is 1. The van der Waals surface area contributed by atoms with Crippen LogP contribution >= 0.6 is 11.3 Å². The fourth-order valence-electron chi connectivity index (χ4n) is 1.94. The van der Waals surface area contributed by atoms with E-state index in [1.165, 1.54) is 34.5 Å². The van der Waals surface area contributed by atoms with E-state index in [0.717, 1.165) is 11.6 Å². The molecule has 0 bridgehead atoms. The Kier molecular flexibility index (Phi) is 2.32. The molecule has 0 unspecified atom stereocenters. The summed E-state index contributed by atoms with van der Waals surface area (Å²) >= 11 is 1.82. The molecule has 3 rings (SSSR count). The van der Waals surface area contributed by atoms with Crippen LogP contribution in [-0.2, 0) is 0 Å². The second kappa shape index (κ2) is 3.70. The minimum absolute atomic E-state index is 0.767. The summed E-state index contributed by atoms with van der Waals surface area (Å²) < 4.78 is 0. The molecular weight excluding hydrogens is 214 g/mol. The van der Waals surface area contributed by atoms with Crippen LogP contribution in [0.1, 0.15) is 34.9 Å². The largest absolute Gasteiger partial charge is 0.241 e. The van der Waals surface area contributed by atoms with Crippen molar-refractivity contribution in [2.24, 2.45) is 0 Å². The summed E-state index contributed by atoms with van der Waals surface area (Å²) in [4.78, 5) is 4.76. The summed E-state index contributed by atoms with van der Waals surface area (Å²) in [6.07, 6.45) is 2.67. The van der Waals surface area contributed by atoms with E-state index >= 15 is 0 Å². The third-order valence-electron chi connectivity index (χ3n) is 3.12. The van der Waals surface area contributed by atoms with Crippen molar-refractivity contribution >= 4 is 11.3 Å². The molecule has 1 aliphatic carbocycles. The second-order valence-corrected chi connectivity index (χ2v) is 5.55. The highest BCUT2D eigenvalue weighted by molar-refractivity contribution is 7.10. The highest BCUT2D eigenvalue weighted by Crippen LogP contribution is 2.42. The third-order valence-corrected chi connectivity index (χ3v) is 4.12. The van der Waals surface area contributed by atoms with E-state index in [-0.39, 0.29) is 0 Å². The number of nitrogens with zero attached hydrogens (tertiary/aromatic N) is 1. The van der Waals surface area contributed by atoms with Crippen LogP contribution in [0, 0.1) is 13.8 Å². The van der Waals surface area contributed by atoms with Gasteiger partial charge in [0.05, 0.1) is 10.7 Å². The first kappa shape index (κ1) is 10.0. The molecule has 1 aliphatic rings. The highest BCUT2D eigenvalue weighted by Gasteiger charge is 2.26. The summed E-state index contributed by atoms with van der Waals surface area (Å²) in [5.74, 6) is 0.767. The fraction of sp³-hybridized carbons (Fsp3) is 0.357. The first-order valence-electron chi connectivity index (χ1n) is 5.77. The highest BCUT2D eigenvalue weighted by atomic mass is 32.1. The molecule has 16 heavy (non-hydrogen) atoms. The van der Waals surface area contributed by atoms with Gasteiger partial charge in [0.2, 0.25) is 0 Å². The molecule has 1 fully saturated rings. The Morgan fingerprint density at radius 2 is 2.06 bits per heavy atom. The summed E-state index contributed by atoms with van der Waals surface area (Å²) in [6, 6.07) is 6.58. The van der Waals surface area contributed by atoms with Crippen LogP contribution in [0.2, 0.25) is 0 Å². The lowest BCUT2D eigenvalue weighted by molar-refractivity contribution is 1.08. The van der Waals surface area contributed by atoms with E-state index < -0.39 is 0 Å². The van der Waals surface area contributed by atoms with Crippen molar-refractivity contribution in [1.82, 2.24) is 4.98 Å². The molecule has 0 N–H and O–H groups in total. The molecule has 2 heteroatoms. The SMILES string of the molecule is Cc1ccc(C)c(-c2csc(C3CC3)n2)c1. The Morgan fingerprint density at radius 3 is 2.81 bits per heavy atom. The summed E-state index contributed by atoms with van der Waals surface area (Å²) in [6.45, 7) is 4.29. The molecule has 0 aliphatic heterocycles. The van der Waals surface area contributed by atoms with Crippen molar-refractivity contribution in [3.8, 4) is 11.3 Å². The maximum atomic E-state index is 4.76. The topological polar surface area (TPSA) is 12.9 Å². The van der Waals surface area contributed by atoms with E-state index in [1.807, 2.05) is 11.3 Å². The Morgan fingerprint density at radius 1 is 1.25 bits per heavy atom. The standard InChI is InChI=1S/C14H15NS/c1-9-3-4-10(2)12(7-9)13-8-16-14(15-13)11-5-6-11/h3-4,7-8,11H,5-6H2,1-2H3. The van der Waals surface area contributed by atoms with Crippen LogP contribution in [-0.4, -0.2) is 4.98 Å². The first-order valence-corrected chi connectivity index (χ1v) is 6.65.